The molecule has 0 radical (unpaired) electrons. The second-order valence-corrected chi connectivity index (χ2v) is 16.9. The lowest BCUT2D eigenvalue weighted by Gasteiger charge is -2.38. The van der Waals surface area contributed by atoms with Crippen molar-refractivity contribution in [3.05, 3.63) is 52.0 Å². The van der Waals surface area contributed by atoms with Crippen molar-refractivity contribution in [2.24, 2.45) is 17.8 Å². The first-order chi connectivity index (χ1) is 27.8. The third kappa shape index (κ3) is 14.7. The molecule has 2 heterocycles. The topological polar surface area (TPSA) is 225 Å². The third-order valence-corrected chi connectivity index (χ3v) is 11.9. The van der Waals surface area contributed by atoms with E-state index in [1.807, 2.05) is 70.0 Å². The van der Waals surface area contributed by atoms with E-state index in [2.05, 4.69) is 20.9 Å². The minimum absolute atomic E-state index is 0.0440. The van der Waals surface area contributed by atoms with Gasteiger partial charge >= 0.3 is 17.9 Å². The second kappa shape index (κ2) is 23.0. The van der Waals surface area contributed by atoms with Crippen molar-refractivity contribution >= 4 is 52.9 Å². The summed E-state index contributed by atoms with van der Waals surface area (Å²) in [6.07, 6.45) is 2.22. The Morgan fingerprint density at radius 2 is 1.66 bits per heavy atom. The summed E-state index contributed by atoms with van der Waals surface area (Å²) in [7, 11) is 3.61. The lowest BCUT2D eigenvalue weighted by molar-refractivity contribution is -0.149. The third-order valence-electron chi connectivity index (χ3n) is 11.0. The predicted octanol–water partition coefficient (Wildman–Crippen LogP) is 4.05. The number of piperidine rings is 1. The number of ether oxygens (including phenoxy) is 1. The van der Waals surface area contributed by atoms with E-state index in [1.165, 1.54) is 12.3 Å². The summed E-state index contributed by atoms with van der Waals surface area (Å²) in [5.41, 5.74) is 0.908. The number of nitrogens with zero attached hydrogens (tertiary/aromatic N) is 3. The average Bonchev–Trinajstić information content (AvgIpc) is 3.68. The molecule has 17 heteroatoms. The van der Waals surface area contributed by atoms with Crippen LogP contribution in [-0.4, -0.2) is 117 Å². The first kappa shape index (κ1) is 48.5. The molecule has 4 amide bonds. The quantitative estimate of drug-likeness (QED) is 0.106. The number of likely N-dealkylation sites (tertiary alicyclic amines) is 1. The molecular formula is C42H62N6O10S. The number of hydrogen-bond donors (Lipinski definition) is 5. The van der Waals surface area contributed by atoms with Crippen LogP contribution < -0.4 is 16.0 Å². The maximum atomic E-state index is 14.2. The van der Waals surface area contributed by atoms with Crippen LogP contribution in [0, 0.1) is 17.8 Å². The number of carboxylic acids is 2. The highest BCUT2D eigenvalue weighted by molar-refractivity contribution is 7.09. The Kier molecular flexibility index (Phi) is 18.9. The number of carboxylic acid groups (broad SMARTS) is 2. The van der Waals surface area contributed by atoms with Crippen LogP contribution in [-0.2, 0) is 39.9 Å². The van der Waals surface area contributed by atoms with E-state index in [4.69, 9.17) is 9.84 Å². The van der Waals surface area contributed by atoms with Crippen LogP contribution in [0.3, 0.4) is 0 Å². The molecule has 0 bridgehead atoms. The largest absolute Gasteiger partial charge is 0.481 e. The number of carbonyl (C=O) groups excluding carboxylic acids is 5. The van der Waals surface area contributed by atoms with Crippen molar-refractivity contribution in [1.82, 2.24) is 30.7 Å². The first-order valence-electron chi connectivity index (χ1n) is 20.3. The number of likely N-dealkylation sites (N-methyl/N-ethyl adjacent to an activating group) is 2. The fourth-order valence-electron chi connectivity index (χ4n) is 7.33. The smallest absolute Gasteiger partial charge is 0.326 e. The Hall–Kier alpha value is -4.90. The molecule has 0 spiro atoms. The normalized spacial score (nSPS) is 17.9. The van der Waals surface area contributed by atoms with Gasteiger partial charge in [-0.05, 0) is 56.7 Å². The number of aliphatic carboxylic acids is 2. The summed E-state index contributed by atoms with van der Waals surface area (Å²) < 4.78 is 5.78. The number of carbonyl (C=O) groups is 7. The summed E-state index contributed by atoms with van der Waals surface area (Å²) >= 11 is 1.12. The fourth-order valence-corrected chi connectivity index (χ4v) is 8.17. The van der Waals surface area contributed by atoms with Crippen molar-refractivity contribution in [2.75, 3.05) is 20.6 Å². The first-order valence-corrected chi connectivity index (χ1v) is 21.2. The monoisotopic (exact) mass is 842 g/mol. The number of esters is 1. The number of thiazole rings is 1. The van der Waals surface area contributed by atoms with Crippen LogP contribution in [0.1, 0.15) is 114 Å². The molecule has 1 aliphatic heterocycles. The molecule has 2 aromatic rings. The minimum Gasteiger partial charge on any atom is -0.481 e. The molecule has 0 aliphatic carbocycles. The van der Waals surface area contributed by atoms with Gasteiger partial charge in [-0.25, -0.2) is 9.78 Å². The van der Waals surface area contributed by atoms with Crippen LogP contribution in [0.5, 0.6) is 0 Å². The van der Waals surface area contributed by atoms with Crippen molar-refractivity contribution in [3.63, 3.8) is 0 Å². The van der Waals surface area contributed by atoms with Gasteiger partial charge in [0.2, 0.25) is 17.7 Å². The van der Waals surface area contributed by atoms with Crippen molar-refractivity contribution in [3.8, 4) is 0 Å². The number of hydrogen-bond acceptors (Lipinski definition) is 11. The molecule has 5 N–H and O–H groups in total. The molecule has 59 heavy (non-hydrogen) atoms. The average molecular weight is 843 g/mol. The van der Waals surface area contributed by atoms with Gasteiger partial charge in [-0.1, -0.05) is 77.8 Å². The van der Waals surface area contributed by atoms with Crippen molar-refractivity contribution in [1.29, 1.82) is 0 Å². The molecule has 1 aromatic carbocycles. The molecule has 1 unspecified atom stereocenters. The van der Waals surface area contributed by atoms with Crippen LogP contribution in [0.25, 0.3) is 0 Å². The number of amides is 4. The van der Waals surface area contributed by atoms with Gasteiger partial charge in [0.1, 0.15) is 22.8 Å². The second-order valence-electron chi connectivity index (χ2n) is 16.0. The molecule has 1 fully saturated rings. The SMILES string of the molecule is CCC(C)[C@H](NC(=O)[C@H]1CCCCN1C)C(=O)N(C)[C@H](C[C@@H](OC(C)=O)c1nc(C(=O)N[C@@H](Cc2ccccc2)C[C@H](C)C(=O)N[C@@H](CC(=O)O)C(=O)O)cs1)C(C)C. The van der Waals surface area contributed by atoms with Gasteiger partial charge in [-0.15, -0.1) is 11.3 Å². The molecule has 3 rings (SSSR count). The summed E-state index contributed by atoms with van der Waals surface area (Å²) in [6.45, 7) is 11.5. The van der Waals surface area contributed by atoms with E-state index in [9.17, 15) is 38.7 Å². The summed E-state index contributed by atoms with van der Waals surface area (Å²) in [6, 6.07) is 5.48. The van der Waals surface area contributed by atoms with Crippen LogP contribution in [0.4, 0.5) is 0 Å². The van der Waals surface area contributed by atoms with Gasteiger partial charge in [-0.2, -0.15) is 0 Å². The van der Waals surface area contributed by atoms with E-state index in [-0.39, 0.29) is 48.2 Å². The molecule has 8 atom stereocenters. The molecule has 326 valence electrons. The van der Waals surface area contributed by atoms with Crippen molar-refractivity contribution in [2.45, 2.75) is 129 Å². The maximum absolute atomic E-state index is 14.2. The zero-order valence-electron chi connectivity index (χ0n) is 35.4. The zero-order valence-corrected chi connectivity index (χ0v) is 36.3. The van der Waals surface area contributed by atoms with Crippen LogP contribution in [0.15, 0.2) is 35.7 Å². The highest BCUT2D eigenvalue weighted by Gasteiger charge is 2.37. The van der Waals surface area contributed by atoms with Crippen LogP contribution in [0.2, 0.25) is 0 Å². The van der Waals surface area contributed by atoms with E-state index < -0.39 is 72.3 Å². The molecule has 16 nitrogen and oxygen atoms in total. The number of rotatable bonds is 22. The standard InChI is InChI=1S/C42H62N6O10S/c1-9-25(4)36(46-39(54)32-17-13-14-18-47(32)7)41(55)48(8)33(24(2)3)22-34(58-27(6)49)40-45-31(23-59-40)38(53)43-29(20-28-15-11-10-12-16-28)19-26(5)37(52)44-30(42(56)57)21-35(50)51/h10-12,15-16,23-26,29-30,32-34,36H,9,13-14,17-22H2,1-8H3,(H,43,53)(H,44,52)(H,46,54)(H,50,51)(H,56,57)/t25?,26-,29+,30-,32+,33+,34+,36-/m0/s1. The maximum Gasteiger partial charge on any atom is 0.326 e. The summed E-state index contributed by atoms with van der Waals surface area (Å²) in [5, 5.41) is 28.7. The van der Waals surface area contributed by atoms with Gasteiger partial charge in [0.05, 0.1) is 12.5 Å². The number of benzene rings is 1. The Bertz CT molecular complexity index is 1760. The van der Waals surface area contributed by atoms with Gasteiger partial charge in [0, 0.05) is 43.8 Å². The van der Waals surface area contributed by atoms with Gasteiger partial charge < -0.3 is 35.8 Å². The Balaban J connectivity index is 1.82. The van der Waals surface area contributed by atoms with Crippen molar-refractivity contribution < 1.29 is 48.5 Å². The lowest BCUT2D eigenvalue weighted by Crippen LogP contribution is -2.58. The number of nitrogens with one attached hydrogen (secondary N) is 3. The Morgan fingerprint density at radius 1 is 0.983 bits per heavy atom. The molecular weight excluding hydrogens is 781 g/mol. The molecule has 1 saturated heterocycles. The Morgan fingerprint density at radius 3 is 2.24 bits per heavy atom. The minimum atomic E-state index is -1.62. The van der Waals surface area contributed by atoms with E-state index in [1.54, 1.807) is 18.9 Å². The van der Waals surface area contributed by atoms with E-state index >= 15 is 0 Å². The summed E-state index contributed by atoms with van der Waals surface area (Å²) in [4.78, 5) is 97.9. The lowest BCUT2D eigenvalue weighted by atomic mass is 9.92. The van der Waals surface area contributed by atoms with Gasteiger partial charge in [0.25, 0.3) is 5.91 Å². The highest BCUT2D eigenvalue weighted by Crippen LogP contribution is 2.31. The molecule has 1 aliphatic rings. The Labute approximate surface area is 350 Å². The summed E-state index contributed by atoms with van der Waals surface area (Å²) in [5.74, 6) is -6.14. The molecule has 1 aromatic heterocycles. The zero-order chi connectivity index (χ0) is 44.0. The van der Waals surface area contributed by atoms with Crippen LogP contribution >= 0.6 is 11.3 Å². The predicted molar refractivity (Wildman–Crippen MR) is 221 cm³/mol. The van der Waals surface area contributed by atoms with Gasteiger partial charge in [-0.3, -0.25) is 33.7 Å². The number of aromatic nitrogens is 1. The van der Waals surface area contributed by atoms with E-state index in [0.29, 0.717) is 17.8 Å². The van der Waals surface area contributed by atoms with E-state index in [0.717, 1.165) is 42.7 Å². The molecule has 0 saturated carbocycles. The fraction of sp³-hybridized carbons (Fsp3) is 0.619. The van der Waals surface area contributed by atoms with Gasteiger partial charge in [0.15, 0.2) is 6.10 Å². The highest BCUT2D eigenvalue weighted by atomic mass is 32.1.